The first kappa shape index (κ1) is 20.0. The van der Waals surface area contributed by atoms with Crippen molar-refractivity contribution >= 4 is 12.9 Å². The molecule has 0 spiro atoms. The number of hydrogen-bond acceptors (Lipinski definition) is 7. The third kappa shape index (κ3) is 3.68. The number of aromatic amines is 1. The van der Waals surface area contributed by atoms with Gasteiger partial charge in [-0.1, -0.05) is 6.07 Å². The van der Waals surface area contributed by atoms with E-state index in [9.17, 15) is 10.1 Å². The second-order valence-corrected chi connectivity index (χ2v) is 8.70. The molecule has 0 amide bonds. The van der Waals surface area contributed by atoms with E-state index in [-0.39, 0.29) is 12.8 Å². The first-order valence-electron chi connectivity index (χ1n) is 10.9. The second kappa shape index (κ2) is 7.98. The molecule has 0 radical (unpaired) electrons. The average Bonchev–Trinajstić information content (AvgIpc) is 3.40. The summed E-state index contributed by atoms with van der Waals surface area (Å²) in [4.78, 5) is 4.48. The standard InChI is InChI=1S/C22H27BN6O2/c1-23(31)29-16-4-5-17(29)11-18(10-16)28(2)22-8-7-20(26-27-22)19-6-3-14(9-21(19)30)15-12-24-25-13-15/h3,6-9,12-13,16-18,30-31H,4-5,10-11H2,1-2H3,(H,24,25). The SMILES string of the molecule is CB(O)N1C2CCC1CC(N(C)c1ccc(-c3ccc(-c4cn[nH]c4)cc3O)nn1)C2. The van der Waals surface area contributed by atoms with Gasteiger partial charge >= 0.3 is 7.05 Å². The maximum absolute atomic E-state index is 10.5. The highest BCUT2D eigenvalue weighted by Crippen LogP contribution is 2.38. The smallest absolute Gasteiger partial charge is 0.376 e. The van der Waals surface area contributed by atoms with Crippen LogP contribution in [0.15, 0.2) is 42.7 Å². The van der Waals surface area contributed by atoms with Gasteiger partial charge in [0.2, 0.25) is 0 Å². The number of nitrogens with one attached hydrogen (secondary N) is 1. The highest BCUT2D eigenvalue weighted by atomic mass is 16.3. The number of phenolic OH excluding ortho intramolecular Hbond substituents is 1. The zero-order chi connectivity index (χ0) is 21.5. The van der Waals surface area contributed by atoms with Crippen molar-refractivity contribution < 1.29 is 10.1 Å². The van der Waals surface area contributed by atoms with Crippen LogP contribution in [0.3, 0.4) is 0 Å². The van der Waals surface area contributed by atoms with Gasteiger partial charge in [0.25, 0.3) is 0 Å². The monoisotopic (exact) mass is 418 g/mol. The molecule has 2 aliphatic heterocycles. The van der Waals surface area contributed by atoms with E-state index >= 15 is 0 Å². The van der Waals surface area contributed by atoms with Gasteiger partial charge in [0, 0.05) is 42.5 Å². The fraction of sp³-hybridized carbons (Fsp3) is 0.409. The Morgan fingerprint density at radius 1 is 1.10 bits per heavy atom. The molecule has 2 aliphatic rings. The molecule has 2 bridgehead atoms. The van der Waals surface area contributed by atoms with Gasteiger partial charge < -0.3 is 19.8 Å². The van der Waals surface area contributed by atoms with Crippen LogP contribution in [0.2, 0.25) is 6.82 Å². The zero-order valence-electron chi connectivity index (χ0n) is 17.8. The van der Waals surface area contributed by atoms with Crippen LogP contribution >= 0.6 is 0 Å². The van der Waals surface area contributed by atoms with Crippen LogP contribution in [0.1, 0.15) is 25.7 Å². The van der Waals surface area contributed by atoms with Crippen molar-refractivity contribution in [2.24, 2.45) is 0 Å². The Morgan fingerprint density at radius 3 is 2.45 bits per heavy atom. The Balaban J connectivity index is 1.31. The molecule has 4 heterocycles. The van der Waals surface area contributed by atoms with Crippen molar-refractivity contribution in [2.75, 3.05) is 11.9 Å². The highest BCUT2D eigenvalue weighted by molar-refractivity contribution is 6.45. The van der Waals surface area contributed by atoms with Gasteiger partial charge in [0.1, 0.15) is 5.75 Å². The van der Waals surface area contributed by atoms with E-state index in [1.54, 1.807) is 18.5 Å². The average molecular weight is 418 g/mol. The van der Waals surface area contributed by atoms with Crippen molar-refractivity contribution in [3.63, 3.8) is 0 Å². The van der Waals surface area contributed by atoms with Crippen LogP contribution in [0, 0.1) is 0 Å². The summed E-state index contributed by atoms with van der Waals surface area (Å²) in [5.74, 6) is 0.990. The van der Waals surface area contributed by atoms with Crippen LogP contribution in [0.5, 0.6) is 5.75 Å². The molecule has 3 aromatic rings. The second-order valence-electron chi connectivity index (χ2n) is 8.70. The molecule has 2 saturated heterocycles. The van der Waals surface area contributed by atoms with E-state index in [4.69, 9.17) is 0 Å². The Kier molecular flexibility index (Phi) is 5.15. The molecule has 2 atom stereocenters. The number of aromatic nitrogens is 4. The minimum absolute atomic E-state index is 0.163. The number of fused-ring (bicyclic) bond motifs is 2. The lowest BCUT2D eigenvalue weighted by atomic mass is 9.78. The van der Waals surface area contributed by atoms with Crippen LogP contribution < -0.4 is 4.90 Å². The molecule has 3 N–H and O–H groups in total. The van der Waals surface area contributed by atoms with Crippen LogP contribution in [0.4, 0.5) is 5.82 Å². The van der Waals surface area contributed by atoms with Gasteiger partial charge in [-0.2, -0.15) is 5.10 Å². The maximum Gasteiger partial charge on any atom is 0.376 e. The third-order valence-corrected chi connectivity index (χ3v) is 6.86. The molecule has 0 saturated carbocycles. The number of benzene rings is 1. The summed E-state index contributed by atoms with van der Waals surface area (Å²) in [6.07, 6.45) is 7.86. The Bertz CT molecular complexity index is 1030. The molecule has 2 fully saturated rings. The van der Waals surface area contributed by atoms with Gasteiger partial charge in [-0.25, -0.2) is 0 Å². The van der Waals surface area contributed by atoms with Gasteiger partial charge in [0.05, 0.1) is 11.9 Å². The number of hydrogen-bond donors (Lipinski definition) is 3. The van der Waals surface area contributed by atoms with Crippen molar-refractivity contribution in [1.29, 1.82) is 0 Å². The predicted molar refractivity (Wildman–Crippen MR) is 121 cm³/mol. The molecule has 31 heavy (non-hydrogen) atoms. The van der Waals surface area contributed by atoms with E-state index in [0.29, 0.717) is 29.4 Å². The molecular weight excluding hydrogens is 391 g/mol. The predicted octanol–water partition coefficient (Wildman–Crippen LogP) is 2.78. The summed E-state index contributed by atoms with van der Waals surface area (Å²) in [6.45, 7) is 1.87. The van der Waals surface area contributed by atoms with Crippen LogP contribution in [-0.4, -0.2) is 67.6 Å². The van der Waals surface area contributed by atoms with Crippen molar-refractivity contribution in [3.8, 4) is 28.1 Å². The summed E-state index contributed by atoms with van der Waals surface area (Å²) >= 11 is 0. The molecule has 1 aromatic carbocycles. The van der Waals surface area contributed by atoms with E-state index in [0.717, 1.165) is 42.6 Å². The minimum Gasteiger partial charge on any atom is -0.507 e. The number of aromatic hydroxyl groups is 1. The molecule has 160 valence electrons. The lowest BCUT2D eigenvalue weighted by Crippen LogP contribution is -2.54. The summed E-state index contributed by atoms with van der Waals surface area (Å²) in [5, 5.41) is 36.2. The number of nitrogens with zero attached hydrogens (tertiary/aromatic N) is 5. The quantitative estimate of drug-likeness (QED) is 0.548. The van der Waals surface area contributed by atoms with Crippen molar-refractivity contribution in [1.82, 2.24) is 25.2 Å². The molecule has 8 nitrogen and oxygen atoms in total. The topological polar surface area (TPSA) is 101 Å². The lowest BCUT2D eigenvalue weighted by molar-refractivity contribution is 0.199. The summed E-state index contributed by atoms with van der Waals surface area (Å²) in [6, 6.07) is 10.6. The van der Waals surface area contributed by atoms with E-state index < -0.39 is 0 Å². The molecule has 2 aromatic heterocycles. The fourth-order valence-electron chi connectivity index (χ4n) is 5.29. The van der Waals surface area contributed by atoms with Gasteiger partial charge in [-0.3, -0.25) is 5.10 Å². The Hall–Kier alpha value is -2.91. The summed E-state index contributed by atoms with van der Waals surface area (Å²) in [7, 11) is 1.69. The Morgan fingerprint density at radius 2 is 1.87 bits per heavy atom. The van der Waals surface area contributed by atoms with Gasteiger partial charge in [-0.15, -0.1) is 10.2 Å². The number of phenols is 1. The maximum atomic E-state index is 10.5. The number of H-pyrrole nitrogens is 1. The zero-order valence-corrected chi connectivity index (χ0v) is 17.8. The van der Waals surface area contributed by atoms with Crippen molar-refractivity contribution in [2.45, 2.75) is 50.6 Å². The first-order valence-corrected chi connectivity index (χ1v) is 10.9. The summed E-state index contributed by atoms with van der Waals surface area (Å²) < 4.78 is 0. The molecular formula is C22H27BN6O2. The summed E-state index contributed by atoms with van der Waals surface area (Å²) in [5.41, 5.74) is 3.09. The molecule has 0 aliphatic carbocycles. The fourth-order valence-corrected chi connectivity index (χ4v) is 5.29. The minimum atomic E-state index is -0.379. The first-order chi connectivity index (χ1) is 15.0. The molecule has 5 rings (SSSR count). The van der Waals surface area contributed by atoms with E-state index in [1.165, 1.54) is 0 Å². The van der Waals surface area contributed by atoms with E-state index in [1.807, 2.05) is 31.1 Å². The number of rotatable bonds is 5. The van der Waals surface area contributed by atoms with Gasteiger partial charge in [-0.05, 0) is 62.3 Å². The normalized spacial score (nSPS) is 23.1. The van der Waals surface area contributed by atoms with Crippen LogP contribution in [-0.2, 0) is 0 Å². The van der Waals surface area contributed by atoms with E-state index in [2.05, 4.69) is 37.2 Å². The number of anilines is 1. The number of piperidine rings is 1. The van der Waals surface area contributed by atoms with Gasteiger partial charge in [0.15, 0.2) is 5.82 Å². The third-order valence-electron chi connectivity index (χ3n) is 6.86. The van der Waals surface area contributed by atoms with Crippen molar-refractivity contribution in [3.05, 3.63) is 42.7 Å². The lowest BCUT2D eigenvalue weighted by Gasteiger charge is -2.43. The highest BCUT2D eigenvalue weighted by Gasteiger charge is 2.44. The molecule has 9 heteroatoms. The Labute approximate surface area is 182 Å². The largest absolute Gasteiger partial charge is 0.507 e. The van der Waals surface area contributed by atoms with Crippen LogP contribution in [0.25, 0.3) is 22.4 Å². The molecule has 2 unspecified atom stereocenters.